The molecule has 1 aliphatic heterocycles. The number of hydrogen-bond acceptors (Lipinski definition) is 4. The van der Waals surface area contributed by atoms with E-state index in [0.717, 1.165) is 12.1 Å². The summed E-state index contributed by atoms with van der Waals surface area (Å²) in [6, 6.07) is 15.0. The highest BCUT2D eigenvalue weighted by molar-refractivity contribution is 7.90. The van der Waals surface area contributed by atoms with Gasteiger partial charge in [0, 0.05) is 36.6 Å². The van der Waals surface area contributed by atoms with E-state index in [-0.39, 0.29) is 16.8 Å². The molecule has 25 heavy (non-hydrogen) atoms. The van der Waals surface area contributed by atoms with Crippen molar-refractivity contribution in [1.29, 1.82) is 0 Å². The zero-order valence-electron chi connectivity index (χ0n) is 14.4. The summed E-state index contributed by atoms with van der Waals surface area (Å²) >= 11 is 0. The minimum atomic E-state index is -3.35. The Hall–Kier alpha value is -2.34. The van der Waals surface area contributed by atoms with E-state index in [9.17, 15) is 13.2 Å². The zero-order chi connectivity index (χ0) is 18.0. The molecule has 132 valence electrons. The Morgan fingerprint density at radius 1 is 1.16 bits per heavy atom. The fourth-order valence-corrected chi connectivity index (χ4v) is 4.14. The first kappa shape index (κ1) is 17.5. The smallest absolute Gasteiger partial charge is 0.253 e. The third-order valence-electron chi connectivity index (χ3n) is 4.45. The Bertz CT molecular complexity index is 879. The Kier molecular flexibility index (Phi) is 4.81. The predicted octanol–water partition coefficient (Wildman–Crippen LogP) is 2.73. The van der Waals surface area contributed by atoms with Crippen molar-refractivity contribution in [2.45, 2.75) is 24.3 Å². The highest BCUT2D eigenvalue weighted by Gasteiger charge is 2.27. The summed E-state index contributed by atoms with van der Waals surface area (Å²) in [4.78, 5) is 14.7. The second-order valence-electron chi connectivity index (χ2n) is 6.50. The van der Waals surface area contributed by atoms with Crippen LogP contribution in [0.15, 0.2) is 53.4 Å². The maximum Gasteiger partial charge on any atom is 0.253 e. The van der Waals surface area contributed by atoms with Crippen LogP contribution in [0, 0.1) is 6.92 Å². The van der Waals surface area contributed by atoms with Crippen molar-refractivity contribution < 1.29 is 13.2 Å². The van der Waals surface area contributed by atoms with Gasteiger partial charge < -0.3 is 10.2 Å². The van der Waals surface area contributed by atoms with E-state index in [0.29, 0.717) is 24.2 Å². The number of para-hydroxylation sites is 1. The summed E-state index contributed by atoms with van der Waals surface area (Å²) in [6.07, 6.45) is 2.03. The van der Waals surface area contributed by atoms with Gasteiger partial charge in [-0.3, -0.25) is 4.79 Å². The molecule has 1 atom stereocenters. The number of nitrogens with one attached hydrogen (secondary N) is 1. The van der Waals surface area contributed by atoms with Crippen molar-refractivity contribution in [1.82, 2.24) is 4.90 Å². The summed E-state index contributed by atoms with van der Waals surface area (Å²) in [5, 5.41) is 3.43. The number of likely N-dealkylation sites (tertiary alicyclic amines) is 1. The third-order valence-corrected chi connectivity index (χ3v) is 5.69. The molecule has 2 aromatic carbocycles. The van der Waals surface area contributed by atoms with Crippen molar-refractivity contribution in [3.05, 3.63) is 59.7 Å². The first-order valence-corrected chi connectivity index (χ1v) is 10.2. The number of benzene rings is 2. The van der Waals surface area contributed by atoms with Gasteiger partial charge in [0.05, 0.1) is 4.90 Å². The topological polar surface area (TPSA) is 66.5 Å². The van der Waals surface area contributed by atoms with Gasteiger partial charge in [0.2, 0.25) is 0 Å². The number of amides is 1. The minimum Gasteiger partial charge on any atom is -0.380 e. The minimum absolute atomic E-state index is 0.123. The second kappa shape index (κ2) is 6.88. The van der Waals surface area contributed by atoms with Crippen LogP contribution in [-0.4, -0.2) is 44.6 Å². The molecule has 0 aromatic heterocycles. The molecular formula is C19H22N2O3S. The van der Waals surface area contributed by atoms with Crippen molar-refractivity contribution >= 4 is 21.4 Å². The Labute approximate surface area is 148 Å². The number of carbonyl (C=O) groups is 1. The first-order chi connectivity index (χ1) is 11.8. The standard InChI is InChI=1S/C19H22N2O3S/c1-14-8-9-15(12-18(14)25(2,23)24)19(22)21-11-10-17(13-21)20-16-6-4-3-5-7-16/h3-9,12,17,20H,10-11,13H2,1-2H3. The molecule has 0 spiro atoms. The largest absolute Gasteiger partial charge is 0.380 e. The third kappa shape index (κ3) is 4.02. The predicted molar refractivity (Wildman–Crippen MR) is 98.7 cm³/mol. The molecule has 0 radical (unpaired) electrons. The molecule has 1 saturated heterocycles. The average molecular weight is 358 g/mol. The number of rotatable bonds is 4. The van der Waals surface area contributed by atoms with E-state index in [1.165, 1.54) is 12.3 Å². The van der Waals surface area contributed by atoms with Crippen LogP contribution >= 0.6 is 0 Å². The van der Waals surface area contributed by atoms with Crippen LogP contribution in [0.3, 0.4) is 0 Å². The lowest BCUT2D eigenvalue weighted by molar-refractivity contribution is 0.0791. The van der Waals surface area contributed by atoms with E-state index in [1.54, 1.807) is 24.0 Å². The molecule has 1 unspecified atom stereocenters. The summed E-state index contributed by atoms with van der Waals surface area (Å²) in [5.41, 5.74) is 2.12. The van der Waals surface area contributed by atoms with E-state index >= 15 is 0 Å². The van der Waals surface area contributed by atoms with Crippen LogP contribution < -0.4 is 5.32 Å². The van der Waals surface area contributed by atoms with Crippen LogP contribution in [0.25, 0.3) is 0 Å². The number of anilines is 1. The molecule has 0 aliphatic carbocycles. The van der Waals surface area contributed by atoms with Gasteiger partial charge in [0.15, 0.2) is 9.84 Å². The van der Waals surface area contributed by atoms with Gasteiger partial charge in [-0.25, -0.2) is 8.42 Å². The zero-order valence-corrected chi connectivity index (χ0v) is 15.2. The monoisotopic (exact) mass is 358 g/mol. The van der Waals surface area contributed by atoms with Crippen LogP contribution in [0.1, 0.15) is 22.3 Å². The maximum absolute atomic E-state index is 12.7. The van der Waals surface area contributed by atoms with Crippen LogP contribution in [0.2, 0.25) is 0 Å². The number of aryl methyl sites for hydroxylation is 1. The molecule has 6 heteroatoms. The van der Waals surface area contributed by atoms with Crippen molar-refractivity contribution in [3.8, 4) is 0 Å². The summed E-state index contributed by atoms with van der Waals surface area (Å²) in [5.74, 6) is -0.123. The van der Waals surface area contributed by atoms with Crippen LogP contribution in [0.4, 0.5) is 5.69 Å². The molecule has 0 saturated carbocycles. The molecule has 2 aromatic rings. The highest BCUT2D eigenvalue weighted by atomic mass is 32.2. The van der Waals surface area contributed by atoms with E-state index in [4.69, 9.17) is 0 Å². The van der Waals surface area contributed by atoms with Crippen molar-refractivity contribution in [3.63, 3.8) is 0 Å². The molecule has 0 bridgehead atoms. The summed E-state index contributed by atoms with van der Waals surface area (Å²) < 4.78 is 23.7. The lowest BCUT2D eigenvalue weighted by atomic mass is 10.1. The summed E-state index contributed by atoms with van der Waals surface area (Å²) in [6.45, 7) is 3.00. The summed E-state index contributed by atoms with van der Waals surface area (Å²) in [7, 11) is -3.35. The molecule has 5 nitrogen and oxygen atoms in total. The molecule has 3 rings (SSSR count). The molecular weight excluding hydrogens is 336 g/mol. The molecule has 1 amide bonds. The van der Waals surface area contributed by atoms with Gasteiger partial charge in [0.25, 0.3) is 5.91 Å². The normalized spacial score (nSPS) is 17.5. The van der Waals surface area contributed by atoms with E-state index < -0.39 is 9.84 Å². The van der Waals surface area contributed by atoms with Gasteiger partial charge >= 0.3 is 0 Å². The molecule has 1 N–H and O–H groups in total. The fraction of sp³-hybridized carbons (Fsp3) is 0.316. The Morgan fingerprint density at radius 3 is 2.56 bits per heavy atom. The Morgan fingerprint density at radius 2 is 1.88 bits per heavy atom. The average Bonchev–Trinajstić information content (AvgIpc) is 3.03. The number of carbonyl (C=O) groups excluding carboxylic acids is 1. The first-order valence-electron chi connectivity index (χ1n) is 8.26. The van der Waals surface area contributed by atoms with Gasteiger partial charge in [-0.15, -0.1) is 0 Å². The quantitative estimate of drug-likeness (QED) is 0.913. The number of sulfone groups is 1. The van der Waals surface area contributed by atoms with Gasteiger partial charge in [-0.1, -0.05) is 24.3 Å². The van der Waals surface area contributed by atoms with Crippen molar-refractivity contribution in [2.24, 2.45) is 0 Å². The maximum atomic E-state index is 12.7. The van der Waals surface area contributed by atoms with Gasteiger partial charge in [0.1, 0.15) is 0 Å². The highest BCUT2D eigenvalue weighted by Crippen LogP contribution is 2.21. The number of nitrogens with zero attached hydrogens (tertiary/aromatic N) is 1. The van der Waals surface area contributed by atoms with E-state index in [2.05, 4.69) is 5.32 Å². The van der Waals surface area contributed by atoms with Gasteiger partial charge in [-0.05, 0) is 43.2 Å². The lowest BCUT2D eigenvalue weighted by Gasteiger charge is -2.18. The molecule has 1 aliphatic rings. The van der Waals surface area contributed by atoms with Gasteiger partial charge in [-0.2, -0.15) is 0 Å². The second-order valence-corrected chi connectivity index (χ2v) is 8.48. The van der Waals surface area contributed by atoms with Crippen LogP contribution in [-0.2, 0) is 9.84 Å². The lowest BCUT2D eigenvalue weighted by Crippen LogP contribution is -2.31. The molecule has 1 heterocycles. The molecule has 1 fully saturated rings. The van der Waals surface area contributed by atoms with Crippen molar-refractivity contribution in [2.75, 3.05) is 24.7 Å². The number of hydrogen-bond donors (Lipinski definition) is 1. The van der Waals surface area contributed by atoms with Crippen LogP contribution in [0.5, 0.6) is 0 Å². The SMILES string of the molecule is Cc1ccc(C(=O)N2CCC(Nc3ccccc3)C2)cc1S(C)(=O)=O. The van der Waals surface area contributed by atoms with E-state index in [1.807, 2.05) is 30.3 Å². The Balaban J connectivity index is 1.72. The fourth-order valence-electron chi connectivity index (χ4n) is 3.15.